The van der Waals surface area contributed by atoms with Gasteiger partial charge in [0.05, 0.1) is 11.3 Å². The SMILES string of the molecule is CCN1CCN(C(=O)N(C)c2ccccc2C(=O)O)CC1. The summed E-state index contributed by atoms with van der Waals surface area (Å²) in [6.07, 6.45) is 0. The predicted octanol–water partition coefficient (Wildman–Crippen LogP) is 1.58. The van der Waals surface area contributed by atoms with Gasteiger partial charge < -0.3 is 14.9 Å². The van der Waals surface area contributed by atoms with Crippen molar-refractivity contribution in [2.45, 2.75) is 6.92 Å². The molecule has 0 bridgehead atoms. The highest BCUT2D eigenvalue weighted by molar-refractivity contribution is 6.01. The highest BCUT2D eigenvalue weighted by Crippen LogP contribution is 2.20. The van der Waals surface area contributed by atoms with Crippen molar-refractivity contribution in [3.05, 3.63) is 29.8 Å². The first-order chi connectivity index (χ1) is 10.0. The number of carboxylic acids is 1. The van der Waals surface area contributed by atoms with Crippen LogP contribution in [0.3, 0.4) is 0 Å². The second-order valence-electron chi connectivity index (χ2n) is 5.09. The lowest BCUT2D eigenvalue weighted by Gasteiger charge is -2.36. The van der Waals surface area contributed by atoms with Crippen LogP contribution in [0.4, 0.5) is 10.5 Å². The summed E-state index contributed by atoms with van der Waals surface area (Å²) >= 11 is 0. The lowest BCUT2D eigenvalue weighted by atomic mass is 10.1. The van der Waals surface area contributed by atoms with Crippen LogP contribution in [0.5, 0.6) is 0 Å². The van der Waals surface area contributed by atoms with Gasteiger partial charge in [0, 0.05) is 33.2 Å². The van der Waals surface area contributed by atoms with Crippen molar-refractivity contribution in [1.29, 1.82) is 0 Å². The third kappa shape index (κ3) is 3.33. The molecule has 6 heteroatoms. The van der Waals surface area contributed by atoms with Crippen molar-refractivity contribution >= 4 is 17.7 Å². The Labute approximate surface area is 124 Å². The number of likely N-dealkylation sites (N-methyl/N-ethyl adjacent to an activating group) is 1. The molecule has 2 rings (SSSR count). The number of anilines is 1. The summed E-state index contributed by atoms with van der Waals surface area (Å²) in [4.78, 5) is 29.2. The highest BCUT2D eigenvalue weighted by Gasteiger charge is 2.25. The molecule has 1 N–H and O–H groups in total. The van der Waals surface area contributed by atoms with Gasteiger partial charge in [0.15, 0.2) is 0 Å². The van der Waals surface area contributed by atoms with E-state index in [-0.39, 0.29) is 11.6 Å². The normalized spacial score (nSPS) is 15.8. The molecule has 0 atom stereocenters. The Hall–Kier alpha value is -2.08. The van der Waals surface area contributed by atoms with Crippen molar-refractivity contribution in [1.82, 2.24) is 9.80 Å². The lowest BCUT2D eigenvalue weighted by molar-refractivity contribution is 0.0697. The van der Waals surface area contributed by atoms with E-state index in [1.165, 1.54) is 11.0 Å². The van der Waals surface area contributed by atoms with Gasteiger partial charge in [-0.15, -0.1) is 0 Å². The zero-order valence-electron chi connectivity index (χ0n) is 12.5. The van der Waals surface area contributed by atoms with Crippen LogP contribution in [0, 0.1) is 0 Å². The van der Waals surface area contributed by atoms with E-state index in [1.54, 1.807) is 30.1 Å². The largest absolute Gasteiger partial charge is 0.478 e. The summed E-state index contributed by atoms with van der Waals surface area (Å²) in [5.74, 6) is -1.03. The molecule has 0 aliphatic carbocycles. The molecule has 6 nitrogen and oxygen atoms in total. The van der Waals surface area contributed by atoms with E-state index in [1.807, 2.05) is 0 Å². The zero-order valence-corrected chi connectivity index (χ0v) is 12.5. The molecule has 1 saturated heterocycles. The van der Waals surface area contributed by atoms with Gasteiger partial charge in [-0.3, -0.25) is 4.90 Å². The van der Waals surface area contributed by atoms with Gasteiger partial charge in [0.2, 0.25) is 0 Å². The van der Waals surface area contributed by atoms with Crippen LogP contribution < -0.4 is 4.90 Å². The van der Waals surface area contributed by atoms with E-state index >= 15 is 0 Å². The molecule has 0 aromatic heterocycles. The van der Waals surface area contributed by atoms with Gasteiger partial charge in [-0.2, -0.15) is 0 Å². The van der Waals surface area contributed by atoms with Crippen molar-refractivity contribution in [3.8, 4) is 0 Å². The van der Waals surface area contributed by atoms with Crippen LogP contribution in [0.2, 0.25) is 0 Å². The third-order valence-corrected chi connectivity index (χ3v) is 3.87. The Morgan fingerprint density at radius 3 is 2.38 bits per heavy atom. The van der Waals surface area contributed by atoms with Crippen LogP contribution >= 0.6 is 0 Å². The number of para-hydroxylation sites is 1. The smallest absolute Gasteiger partial charge is 0.337 e. The summed E-state index contributed by atoms with van der Waals surface area (Å²) in [6.45, 7) is 6.15. The molecule has 1 aliphatic heterocycles. The van der Waals surface area contributed by atoms with Gasteiger partial charge in [-0.25, -0.2) is 9.59 Å². The summed E-state index contributed by atoms with van der Waals surface area (Å²) in [6, 6.07) is 6.41. The lowest BCUT2D eigenvalue weighted by Crippen LogP contribution is -2.52. The van der Waals surface area contributed by atoms with Crippen molar-refractivity contribution in [2.75, 3.05) is 44.7 Å². The standard InChI is InChI=1S/C15H21N3O3/c1-3-17-8-10-18(11-9-17)15(21)16(2)13-7-5-4-6-12(13)14(19)20/h4-7H,3,8-11H2,1-2H3,(H,19,20). The zero-order chi connectivity index (χ0) is 15.4. The second-order valence-corrected chi connectivity index (χ2v) is 5.09. The summed E-state index contributed by atoms with van der Waals surface area (Å²) in [5, 5.41) is 9.22. The first-order valence-corrected chi connectivity index (χ1v) is 7.12. The second kappa shape index (κ2) is 6.58. The molecular formula is C15H21N3O3. The quantitative estimate of drug-likeness (QED) is 0.918. The van der Waals surface area contributed by atoms with Crippen LogP contribution in [-0.4, -0.2) is 66.7 Å². The van der Waals surface area contributed by atoms with Gasteiger partial charge in [-0.05, 0) is 18.7 Å². The molecule has 0 saturated carbocycles. The van der Waals surface area contributed by atoms with Gasteiger partial charge in [-0.1, -0.05) is 19.1 Å². The molecular weight excluding hydrogens is 270 g/mol. The number of piperazine rings is 1. The maximum Gasteiger partial charge on any atom is 0.337 e. The van der Waals surface area contributed by atoms with E-state index < -0.39 is 5.97 Å². The number of hydrogen-bond donors (Lipinski definition) is 1. The predicted molar refractivity (Wildman–Crippen MR) is 80.9 cm³/mol. The van der Waals surface area contributed by atoms with Crippen molar-refractivity contribution in [3.63, 3.8) is 0 Å². The number of urea groups is 1. The molecule has 0 spiro atoms. The Balaban J connectivity index is 2.11. The number of rotatable bonds is 3. The van der Waals surface area contributed by atoms with E-state index in [0.717, 1.165) is 19.6 Å². The molecule has 1 heterocycles. The van der Waals surface area contributed by atoms with Gasteiger partial charge in [0.1, 0.15) is 0 Å². The molecule has 0 radical (unpaired) electrons. The van der Waals surface area contributed by atoms with Crippen LogP contribution in [0.25, 0.3) is 0 Å². The minimum atomic E-state index is -1.03. The minimum Gasteiger partial charge on any atom is -0.478 e. The fourth-order valence-corrected chi connectivity index (χ4v) is 2.52. The molecule has 21 heavy (non-hydrogen) atoms. The number of aromatic carboxylic acids is 1. The molecule has 2 amide bonds. The summed E-state index contributed by atoms with van der Waals surface area (Å²) < 4.78 is 0. The van der Waals surface area contributed by atoms with E-state index in [4.69, 9.17) is 0 Å². The number of amides is 2. The first-order valence-electron chi connectivity index (χ1n) is 7.12. The molecule has 0 unspecified atom stereocenters. The first kappa shape index (κ1) is 15.3. The molecule has 1 aromatic carbocycles. The van der Waals surface area contributed by atoms with E-state index in [2.05, 4.69) is 11.8 Å². The summed E-state index contributed by atoms with van der Waals surface area (Å²) in [5.41, 5.74) is 0.563. The Morgan fingerprint density at radius 1 is 1.19 bits per heavy atom. The molecule has 114 valence electrons. The van der Waals surface area contributed by atoms with Crippen LogP contribution in [0.1, 0.15) is 17.3 Å². The van der Waals surface area contributed by atoms with Crippen LogP contribution in [0.15, 0.2) is 24.3 Å². The minimum absolute atomic E-state index is 0.139. The van der Waals surface area contributed by atoms with Crippen molar-refractivity contribution in [2.24, 2.45) is 0 Å². The Morgan fingerprint density at radius 2 is 1.81 bits per heavy atom. The van der Waals surface area contributed by atoms with Crippen LogP contribution in [-0.2, 0) is 0 Å². The monoisotopic (exact) mass is 291 g/mol. The number of benzene rings is 1. The molecule has 1 fully saturated rings. The molecule has 1 aliphatic rings. The number of carbonyl (C=O) groups excluding carboxylic acids is 1. The highest BCUT2D eigenvalue weighted by atomic mass is 16.4. The number of nitrogens with zero attached hydrogens (tertiary/aromatic N) is 3. The third-order valence-electron chi connectivity index (χ3n) is 3.87. The average Bonchev–Trinajstić information content (AvgIpc) is 2.53. The van der Waals surface area contributed by atoms with Gasteiger partial charge in [0.25, 0.3) is 0 Å². The topological polar surface area (TPSA) is 64.1 Å². The maximum atomic E-state index is 12.5. The van der Waals surface area contributed by atoms with E-state index in [9.17, 15) is 14.7 Å². The number of carboxylic acid groups (broad SMARTS) is 1. The van der Waals surface area contributed by atoms with Gasteiger partial charge >= 0.3 is 12.0 Å². The van der Waals surface area contributed by atoms with Crippen molar-refractivity contribution < 1.29 is 14.7 Å². The van der Waals surface area contributed by atoms with E-state index in [0.29, 0.717) is 18.8 Å². The maximum absolute atomic E-state index is 12.5. The fraction of sp³-hybridized carbons (Fsp3) is 0.467. The Bertz CT molecular complexity index is 525. The number of carbonyl (C=O) groups is 2. The Kier molecular flexibility index (Phi) is 4.80. The average molecular weight is 291 g/mol. The fourth-order valence-electron chi connectivity index (χ4n) is 2.52. The summed E-state index contributed by atoms with van der Waals surface area (Å²) in [7, 11) is 1.62. The molecule has 1 aromatic rings. The number of hydrogen-bond acceptors (Lipinski definition) is 3.